The SMILES string of the molecule is CC(C)(C)C1CCCCC1Nc1ccc(F)c(F)c1F. The fourth-order valence-corrected chi connectivity index (χ4v) is 3.18. The monoisotopic (exact) mass is 285 g/mol. The smallest absolute Gasteiger partial charge is 0.196 e. The summed E-state index contributed by atoms with van der Waals surface area (Å²) in [6.07, 6.45) is 4.25. The summed E-state index contributed by atoms with van der Waals surface area (Å²) in [7, 11) is 0. The zero-order valence-electron chi connectivity index (χ0n) is 12.3. The minimum atomic E-state index is -1.40. The van der Waals surface area contributed by atoms with Crippen LogP contribution in [0.15, 0.2) is 12.1 Å². The molecular formula is C16H22F3N. The molecule has 1 aromatic rings. The van der Waals surface area contributed by atoms with E-state index in [2.05, 4.69) is 26.1 Å². The van der Waals surface area contributed by atoms with E-state index in [9.17, 15) is 13.2 Å². The van der Waals surface area contributed by atoms with Crippen LogP contribution in [0.4, 0.5) is 18.9 Å². The average molecular weight is 285 g/mol. The highest BCUT2D eigenvalue weighted by atomic mass is 19.2. The first-order valence-electron chi connectivity index (χ1n) is 7.20. The molecule has 112 valence electrons. The van der Waals surface area contributed by atoms with Gasteiger partial charge in [0.1, 0.15) is 0 Å². The number of anilines is 1. The van der Waals surface area contributed by atoms with Crippen molar-refractivity contribution in [3.8, 4) is 0 Å². The Labute approximate surface area is 118 Å². The molecule has 1 aromatic carbocycles. The molecule has 0 aliphatic heterocycles. The second kappa shape index (κ2) is 5.66. The fourth-order valence-electron chi connectivity index (χ4n) is 3.18. The van der Waals surface area contributed by atoms with E-state index in [-0.39, 0.29) is 17.1 Å². The van der Waals surface area contributed by atoms with E-state index >= 15 is 0 Å². The Hall–Kier alpha value is -1.19. The number of halogens is 3. The second-order valence-corrected chi connectivity index (χ2v) is 6.73. The molecule has 1 saturated carbocycles. The molecule has 1 fully saturated rings. The summed E-state index contributed by atoms with van der Waals surface area (Å²) < 4.78 is 40.0. The van der Waals surface area contributed by atoms with Gasteiger partial charge in [-0.25, -0.2) is 13.2 Å². The molecule has 2 rings (SSSR count). The summed E-state index contributed by atoms with van der Waals surface area (Å²) in [6, 6.07) is 2.35. The second-order valence-electron chi connectivity index (χ2n) is 6.73. The molecule has 1 N–H and O–H groups in total. The first-order valence-corrected chi connectivity index (χ1v) is 7.20. The van der Waals surface area contributed by atoms with E-state index in [0.29, 0.717) is 5.92 Å². The lowest BCUT2D eigenvalue weighted by Crippen LogP contribution is -2.40. The quantitative estimate of drug-likeness (QED) is 0.744. The summed E-state index contributed by atoms with van der Waals surface area (Å²) in [5, 5.41) is 3.09. The van der Waals surface area contributed by atoms with Gasteiger partial charge in [-0.1, -0.05) is 33.6 Å². The van der Waals surface area contributed by atoms with Crippen molar-refractivity contribution in [1.29, 1.82) is 0 Å². The molecule has 0 heterocycles. The van der Waals surface area contributed by atoms with Crippen molar-refractivity contribution >= 4 is 5.69 Å². The van der Waals surface area contributed by atoms with E-state index in [0.717, 1.165) is 25.3 Å². The summed E-state index contributed by atoms with van der Waals surface area (Å²) in [5.41, 5.74) is 0.165. The number of rotatable bonds is 2. The number of hydrogen-bond acceptors (Lipinski definition) is 1. The molecule has 0 saturated heterocycles. The molecule has 0 radical (unpaired) electrons. The van der Waals surface area contributed by atoms with E-state index in [1.165, 1.54) is 12.5 Å². The van der Waals surface area contributed by atoms with Crippen molar-refractivity contribution in [3.63, 3.8) is 0 Å². The summed E-state index contributed by atoms with van der Waals surface area (Å²) in [5.74, 6) is -3.28. The highest BCUT2D eigenvalue weighted by Gasteiger charge is 2.34. The van der Waals surface area contributed by atoms with Crippen molar-refractivity contribution in [2.75, 3.05) is 5.32 Å². The van der Waals surface area contributed by atoms with Gasteiger partial charge in [-0.3, -0.25) is 0 Å². The summed E-state index contributed by atoms with van der Waals surface area (Å²) in [4.78, 5) is 0. The number of benzene rings is 1. The van der Waals surface area contributed by atoms with Crippen LogP contribution in [0.5, 0.6) is 0 Å². The van der Waals surface area contributed by atoms with Crippen molar-refractivity contribution in [2.45, 2.75) is 52.5 Å². The minimum Gasteiger partial charge on any atom is -0.380 e. The third-order valence-electron chi connectivity index (χ3n) is 4.25. The van der Waals surface area contributed by atoms with Crippen LogP contribution < -0.4 is 5.32 Å². The first kappa shape index (κ1) is 15.2. The predicted octanol–water partition coefficient (Wildman–Crippen LogP) is 5.12. The largest absolute Gasteiger partial charge is 0.380 e. The molecule has 0 aromatic heterocycles. The molecule has 2 atom stereocenters. The van der Waals surface area contributed by atoms with Crippen LogP contribution in [0.2, 0.25) is 0 Å². The minimum absolute atomic E-state index is 0.0602. The van der Waals surface area contributed by atoms with Gasteiger partial charge in [0.2, 0.25) is 0 Å². The van der Waals surface area contributed by atoms with Crippen molar-refractivity contribution < 1.29 is 13.2 Å². The van der Waals surface area contributed by atoms with Gasteiger partial charge < -0.3 is 5.32 Å². The van der Waals surface area contributed by atoms with Gasteiger partial charge in [-0.05, 0) is 36.3 Å². The van der Waals surface area contributed by atoms with Crippen molar-refractivity contribution in [2.24, 2.45) is 11.3 Å². The Bertz CT molecular complexity index is 479. The van der Waals surface area contributed by atoms with Gasteiger partial charge >= 0.3 is 0 Å². The topological polar surface area (TPSA) is 12.0 Å². The van der Waals surface area contributed by atoms with Gasteiger partial charge in [-0.15, -0.1) is 0 Å². The molecule has 0 amide bonds. The Morgan fingerprint density at radius 3 is 2.30 bits per heavy atom. The lowest BCUT2D eigenvalue weighted by Gasteiger charge is -2.41. The van der Waals surface area contributed by atoms with Crippen LogP contribution in [0, 0.1) is 28.8 Å². The molecule has 1 nitrogen and oxygen atoms in total. The summed E-state index contributed by atoms with van der Waals surface area (Å²) >= 11 is 0. The van der Waals surface area contributed by atoms with Gasteiger partial charge in [-0.2, -0.15) is 0 Å². The Balaban J connectivity index is 2.21. The highest BCUT2D eigenvalue weighted by Crippen LogP contribution is 2.39. The Morgan fingerprint density at radius 1 is 1.00 bits per heavy atom. The zero-order valence-corrected chi connectivity index (χ0v) is 12.3. The van der Waals surface area contributed by atoms with E-state index < -0.39 is 17.5 Å². The molecule has 1 aliphatic rings. The van der Waals surface area contributed by atoms with Gasteiger partial charge in [0.15, 0.2) is 17.5 Å². The third-order valence-corrected chi connectivity index (χ3v) is 4.25. The van der Waals surface area contributed by atoms with Crippen LogP contribution >= 0.6 is 0 Å². The molecule has 4 heteroatoms. The van der Waals surface area contributed by atoms with E-state index in [4.69, 9.17) is 0 Å². The maximum atomic E-state index is 13.8. The lowest BCUT2D eigenvalue weighted by molar-refractivity contribution is 0.162. The van der Waals surface area contributed by atoms with Gasteiger partial charge in [0.25, 0.3) is 0 Å². The van der Waals surface area contributed by atoms with Gasteiger partial charge in [0.05, 0.1) is 5.69 Å². The molecule has 20 heavy (non-hydrogen) atoms. The molecular weight excluding hydrogens is 263 g/mol. The van der Waals surface area contributed by atoms with Crippen LogP contribution in [0.1, 0.15) is 46.5 Å². The van der Waals surface area contributed by atoms with E-state index in [1.807, 2.05) is 0 Å². The average Bonchev–Trinajstić information content (AvgIpc) is 2.39. The third kappa shape index (κ3) is 3.10. The van der Waals surface area contributed by atoms with Crippen molar-refractivity contribution in [1.82, 2.24) is 0 Å². The first-order chi connectivity index (χ1) is 9.30. The van der Waals surface area contributed by atoms with E-state index in [1.54, 1.807) is 0 Å². The normalized spacial score (nSPS) is 23.7. The van der Waals surface area contributed by atoms with Crippen LogP contribution in [0.25, 0.3) is 0 Å². The van der Waals surface area contributed by atoms with Crippen LogP contribution in [0.3, 0.4) is 0 Å². The number of nitrogens with one attached hydrogen (secondary N) is 1. The maximum Gasteiger partial charge on any atom is 0.196 e. The standard InChI is InChI=1S/C16H22F3N/c1-16(2,3)10-6-4-5-7-12(10)20-13-9-8-11(17)14(18)15(13)19/h8-10,12,20H,4-7H2,1-3H3. The van der Waals surface area contributed by atoms with Crippen molar-refractivity contribution in [3.05, 3.63) is 29.6 Å². The molecule has 0 bridgehead atoms. The van der Waals surface area contributed by atoms with Crippen LogP contribution in [-0.2, 0) is 0 Å². The van der Waals surface area contributed by atoms with Gasteiger partial charge in [0, 0.05) is 6.04 Å². The molecule has 1 aliphatic carbocycles. The fraction of sp³-hybridized carbons (Fsp3) is 0.625. The zero-order chi connectivity index (χ0) is 14.9. The Morgan fingerprint density at radius 2 is 1.65 bits per heavy atom. The highest BCUT2D eigenvalue weighted by molar-refractivity contribution is 5.46. The molecule has 0 spiro atoms. The number of hydrogen-bond donors (Lipinski definition) is 1. The lowest BCUT2D eigenvalue weighted by atomic mass is 9.69. The molecule has 2 unspecified atom stereocenters. The predicted molar refractivity (Wildman–Crippen MR) is 75.1 cm³/mol. The summed E-state index contributed by atoms with van der Waals surface area (Å²) in [6.45, 7) is 6.50. The van der Waals surface area contributed by atoms with Crippen LogP contribution in [-0.4, -0.2) is 6.04 Å². The maximum absolute atomic E-state index is 13.8. The Kier molecular flexibility index (Phi) is 4.31.